The zero-order valence-corrected chi connectivity index (χ0v) is 36.0. The van der Waals surface area contributed by atoms with Gasteiger partial charge in [0.05, 0.1) is 40.0 Å². The molecule has 1 rings (SSSR count). The Morgan fingerprint density at radius 2 is 1.20 bits per heavy atom. The van der Waals surface area contributed by atoms with E-state index in [4.69, 9.17) is 23.3 Å². The van der Waals surface area contributed by atoms with E-state index in [1.165, 1.54) is 51.4 Å². The van der Waals surface area contributed by atoms with Crippen molar-refractivity contribution in [3.05, 3.63) is 60.8 Å². The number of nitrogens with zero attached hydrogens (tertiary/aromatic N) is 1. The third-order valence-electron chi connectivity index (χ3n) is 8.98. The van der Waals surface area contributed by atoms with E-state index in [0.717, 1.165) is 57.8 Å². The topological polar surface area (TPSA) is 121 Å². The largest absolute Gasteiger partial charge is 0.472 e. The average Bonchev–Trinajstić information content (AvgIpc) is 3.89. The number of allylic oxidation sites excluding steroid dienone is 8. The first kappa shape index (κ1) is 50.7. The van der Waals surface area contributed by atoms with Crippen molar-refractivity contribution >= 4 is 19.8 Å². The number of likely N-dealkylation sites (N-methyl/N-ethyl adjacent to an activating group) is 1. The maximum atomic E-state index is 12.6. The van der Waals surface area contributed by atoms with E-state index in [2.05, 4.69) is 62.5 Å². The van der Waals surface area contributed by atoms with Crippen molar-refractivity contribution in [2.75, 3.05) is 47.5 Å². The van der Waals surface area contributed by atoms with Crippen LogP contribution in [0.3, 0.4) is 0 Å². The van der Waals surface area contributed by atoms with E-state index in [9.17, 15) is 19.0 Å². The number of phosphoric acid groups is 1. The number of hydrogen-bond donors (Lipinski definition) is 1. The van der Waals surface area contributed by atoms with Gasteiger partial charge >= 0.3 is 19.8 Å². The van der Waals surface area contributed by atoms with Gasteiger partial charge in [-0.3, -0.25) is 18.6 Å². The monoisotopic (exact) mass is 795 g/mol. The second-order valence-corrected chi connectivity index (χ2v) is 16.8. The molecular weight excluding hydrogens is 717 g/mol. The number of carbonyl (C=O) groups is 2. The van der Waals surface area contributed by atoms with Crippen molar-refractivity contribution in [2.24, 2.45) is 0 Å². The number of hydrogen-bond acceptors (Lipinski definition) is 8. The van der Waals surface area contributed by atoms with Gasteiger partial charge in [-0.2, -0.15) is 0 Å². The highest BCUT2D eigenvalue weighted by molar-refractivity contribution is 7.47. The smallest absolute Gasteiger partial charge is 0.462 e. The molecule has 1 fully saturated rings. The van der Waals surface area contributed by atoms with Gasteiger partial charge in [0.1, 0.15) is 19.8 Å². The fourth-order valence-electron chi connectivity index (χ4n) is 5.55. The Morgan fingerprint density at radius 3 is 1.76 bits per heavy atom. The Morgan fingerprint density at radius 1 is 0.673 bits per heavy atom. The van der Waals surface area contributed by atoms with Gasteiger partial charge in [0.25, 0.3) is 0 Å². The zero-order valence-electron chi connectivity index (χ0n) is 35.1. The number of esters is 2. The van der Waals surface area contributed by atoms with Crippen LogP contribution in [-0.4, -0.2) is 87.1 Å². The molecule has 0 saturated carbocycles. The van der Waals surface area contributed by atoms with E-state index < -0.39 is 32.5 Å². The first-order chi connectivity index (χ1) is 26.5. The molecule has 0 spiro atoms. The lowest BCUT2D eigenvalue weighted by molar-refractivity contribution is -0.870. The molecular formula is C44H77NO9P+. The second-order valence-electron chi connectivity index (χ2n) is 15.4. The van der Waals surface area contributed by atoms with E-state index in [0.29, 0.717) is 29.7 Å². The lowest BCUT2D eigenvalue weighted by atomic mass is 10.1. The van der Waals surface area contributed by atoms with Crippen molar-refractivity contribution in [3.8, 4) is 0 Å². The van der Waals surface area contributed by atoms with Crippen LogP contribution in [0.4, 0.5) is 0 Å². The van der Waals surface area contributed by atoms with Crippen LogP contribution < -0.4 is 0 Å². The van der Waals surface area contributed by atoms with E-state index in [1.54, 1.807) is 0 Å². The minimum absolute atomic E-state index is 0.0145. The molecule has 0 amide bonds. The highest BCUT2D eigenvalue weighted by Gasteiger charge is 2.36. The Labute approximate surface area is 334 Å². The van der Waals surface area contributed by atoms with Gasteiger partial charge in [-0.05, 0) is 51.4 Å². The van der Waals surface area contributed by atoms with Gasteiger partial charge in [-0.25, -0.2) is 4.57 Å². The Balaban J connectivity index is 2.35. The predicted octanol–water partition coefficient (Wildman–Crippen LogP) is 10.7. The summed E-state index contributed by atoms with van der Waals surface area (Å²) in [6, 6.07) is 0. The van der Waals surface area contributed by atoms with Crippen LogP contribution >= 0.6 is 7.82 Å². The highest BCUT2D eigenvalue weighted by Crippen LogP contribution is 2.43. The van der Waals surface area contributed by atoms with E-state index in [-0.39, 0.29) is 26.1 Å². The summed E-state index contributed by atoms with van der Waals surface area (Å²) in [6.45, 7) is 4.18. The van der Waals surface area contributed by atoms with E-state index in [1.807, 2.05) is 33.3 Å². The maximum absolute atomic E-state index is 12.6. The van der Waals surface area contributed by atoms with Crippen molar-refractivity contribution in [2.45, 2.75) is 161 Å². The summed E-state index contributed by atoms with van der Waals surface area (Å²) in [6.07, 6.45) is 40.4. The average molecular weight is 795 g/mol. The van der Waals surface area contributed by atoms with Crippen LogP contribution in [-0.2, 0) is 37.4 Å². The summed E-state index contributed by atoms with van der Waals surface area (Å²) >= 11 is 0. The molecule has 0 bridgehead atoms. The quantitative estimate of drug-likeness (QED) is 0.0165. The van der Waals surface area contributed by atoms with Crippen molar-refractivity contribution in [1.29, 1.82) is 0 Å². The lowest BCUT2D eigenvalue weighted by Crippen LogP contribution is -2.37. The third-order valence-corrected chi connectivity index (χ3v) is 9.96. The SMILES string of the molecule is CC/C=C\CC1OC1C/C=C\C/C=C\C/C=C\C/C=C\CCC(=O)O[C@H](COC(=O)CCCCCCCCCCCCC)COP(=O)(O)OCC[N+](C)(C)C. The molecule has 0 radical (unpaired) electrons. The minimum atomic E-state index is -4.40. The minimum Gasteiger partial charge on any atom is -0.462 e. The van der Waals surface area contributed by atoms with Crippen LogP contribution in [0.15, 0.2) is 60.8 Å². The Kier molecular flexibility index (Phi) is 30.2. The molecule has 55 heavy (non-hydrogen) atoms. The van der Waals surface area contributed by atoms with Gasteiger partial charge < -0.3 is 23.6 Å². The number of quaternary nitrogens is 1. The summed E-state index contributed by atoms with van der Waals surface area (Å²) in [4.78, 5) is 35.2. The summed E-state index contributed by atoms with van der Waals surface area (Å²) in [5, 5.41) is 0. The fourth-order valence-corrected chi connectivity index (χ4v) is 6.29. The lowest BCUT2D eigenvalue weighted by Gasteiger charge is -2.24. The number of rotatable bonds is 36. The molecule has 1 aliphatic heterocycles. The second kappa shape index (κ2) is 32.7. The number of phosphoric ester groups is 1. The van der Waals surface area contributed by atoms with Gasteiger partial charge in [-0.15, -0.1) is 0 Å². The van der Waals surface area contributed by atoms with Crippen molar-refractivity contribution in [1.82, 2.24) is 0 Å². The molecule has 1 N–H and O–H groups in total. The molecule has 1 heterocycles. The number of ether oxygens (including phenoxy) is 3. The molecule has 1 aliphatic rings. The zero-order chi connectivity index (χ0) is 40.5. The summed E-state index contributed by atoms with van der Waals surface area (Å²) in [5.41, 5.74) is 0. The standard InChI is InChI=1S/C44H76NO9P/c1-6-8-10-11-12-13-16-20-23-26-30-34-43(46)50-38-40(39-52-55(48,49)51-37-36-45(3,4)5)53-44(47)35-31-27-24-21-18-15-14-17-19-22-25-29-33-42-41(54-42)32-28-9-7-2/h9,15,17-19,24-25,27-29,40-42H,6-8,10-14,16,20-23,26,30-39H2,1-5H3/p+1/b18-15-,19-17-,27-24-,28-9-,29-25-/t40-,41?,42?/m1/s1. The first-order valence-electron chi connectivity index (χ1n) is 21.1. The van der Waals surface area contributed by atoms with E-state index >= 15 is 0 Å². The molecule has 10 nitrogen and oxygen atoms in total. The highest BCUT2D eigenvalue weighted by atomic mass is 31.2. The number of unbranched alkanes of at least 4 members (excludes halogenated alkanes) is 10. The molecule has 1 saturated heterocycles. The fraction of sp³-hybridized carbons (Fsp3) is 0.727. The van der Waals surface area contributed by atoms with Gasteiger partial charge in [0, 0.05) is 12.8 Å². The molecule has 3 unspecified atom stereocenters. The van der Waals surface area contributed by atoms with Crippen LogP contribution in [0.1, 0.15) is 142 Å². The number of carbonyl (C=O) groups excluding carboxylic acids is 2. The first-order valence-corrected chi connectivity index (χ1v) is 22.6. The van der Waals surface area contributed by atoms with Crippen LogP contribution in [0.2, 0.25) is 0 Å². The van der Waals surface area contributed by atoms with Crippen molar-refractivity contribution in [3.63, 3.8) is 0 Å². The van der Waals surface area contributed by atoms with Crippen molar-refractivity contribution < 1.29 is 46.8 Å². The summed E-state index contributed by atoms with van der Waals surface area (Å²) < 4.78 is 39.8. The van der Waals surface area contributed by atoms with Gasteiger partial charge in [-0.1, -0.05) is 139 Å². The molecule has 0 aromatic rings. The Bertz CT molecular complexity index is 1190. The molecule has 316 valence electrons. The predicted molar refractivity (Wildman–Crippen MR) is 224 cm³/mol. The molecule has 11 heteroatoms. The third kappa shape index (κ3) is 33.5. The number of epoxide rings is 1. The molecule has 0 aromatic carbocycles. The normalized spacial score (nSPS) is 17.9. The van der Waals surface area contributed by atoms with Crippen LogP contribution in [0.5, 0.6) is 0 Å². The van der Waals surface area contributed by atoms with Gasteiger partial charge in [0.15, 0.2) is 6.10 Å². The summed E-state index contributed by atoms with van der Waals surface area (Å²) in [5.74, 6) is -0.905. The van der Waals surface area contributed by atoms with Gasteiger partial charge in [0.2, 0.25) is 0 Å². The van der Waals surface area contributed by atoms with Crippen LogP contribution in [0.25, 0.3) is 0 Å². The van der Waals surface area contributed by atoms with Crippen LogP contribution in [0, 0.1) is 0 Å². The molecule has 4 atom stereocenters. The maximum Gasteiger partial charge on any atom is 0.472 e. The molecule has 0 aliphatic carbocycles. The summed E-state index contributed by atoms with van der Waals surface area (Å²) in [7, 11) is 1.42. The Hall–Kier alpha value is -2.33. The molecule has 0 aromatic heterocycles.